The average Bonchev–Trinajstić information content (AvgIpc) is 2.51. The zero-order valence-electron chi connectivity index (χ0n) is 13.4. The predicted octanol–water partition coefficient (Wildman–Crippen LogP) is 1.87. The van der Waals surface area contributed by atoms with Crippen LogP contribution in [0.2, 0.25) is 0 Å². The van der Waals surface area contributed by atoms with Crippen molar-refractivity contribution in [3.8, 4) is 0 Å². The molecule has 0 bridgehead atoms. The van der Waals surface area contributed by atoms with E-state index in [-0.39, 0.29) is 19.1 Å². The molecule has 1 aromatic rings. The number of Topliss-reactive ketones (excluding diaryl/α,β-unsaturated/α-hetero) is 1. The number of amides is 1. The van der Waals surface area contributed by atoms with Crippen molar-refractivity contribution in [1.82, 2.24) is 5.06 Å². The van der Waals surface area contributed by atoms with Crippen LogP contribution in [0.3, 0.4) is 0 Å². The summed E-state index contributed by atoms with van der Waals surface area (Å²) in [5.74, 6) is -2.92. The van der Waals surface area contributed by atoms with Crippen molar-refractivity contribution in [2.75, 3.05) is 13.7 Å². The summed E-state index contributed by atoms with van der Waals surface area (Å²) in [5, 5.41) is 1.01. The molecule has 0 unspecified atom stereocenters. The zero-order valence-corrected chi connectivity index (χ0v) is 13.4. The van der Waals surface area contributed by atoms with E-state index in [4.69, 9.17) is 4.84 Å². The van der Waals surface area contributed by atoms with Gasteiger partial charge in [0.2, 0.25) is 5.78 Å². The molecule has 0 spiro atoms. The lowest BCUT2D eigenvalue weighted by Gasteiger charge is -2.22. The zero-order chi connectivity index (χ0) is 17.4. The number of carbonyl (C=O) groups excluding carboxylic acids is 3. The van der Waals surface area contributed by atoms with Crippen molar-refractivity contribution in [1.29, 1.82) is 0 Å². The molecule has 7 heteroatoms. The number of halogens is 1. The number of ether oxygens (including phenoxy) is 1. The molecule has 0 aliphatic heterocycles. The van der Waals surface area contributed by atoms with Gasteiger partial charge in [0.25, 0.3) is 5.91 Å². The van der Waals surface area contributed by atoms with Crippen molar-refractivity contribution >= 4 is 17.7 Å². The Hall–Kier alpha value is -2.28. The van der Waals surface area contributed by atoms with E-state index in [9.17, 15) is 18.8 Å². The standard InChI is InChI=1S/C16H20FNO5/c1-11(2)10-23-18(9-12-4-6-13(17)7-5-12)15(20)8-14(19)16(21)22-3/h4-7,11H,8-10H2,1-3H3. The fourth-order valence-corrected chi connectivity index (χ4v) is 1.61. The number of carbonyl (C=O) groups is 3. The molecular weight excluding hydrogens is 305 g/mol. The molecule has 1 amide bonds. The number of rotatable bonds is 8. The van der Waals surface area contributed by atoms with E-state index in [1.54, 1.807) is 0 Å². The number of hydrogen-bond donors (Lipinski definition) is 0. The molecule has 0 aliphatic rings. The Balaban J connectivity index is 2.78. The van der Waals surface area contributed by atoms with Crippen LogP contribution < -0.4 is 0 Å². The molecular formula is C16H20FNO5. The molecule has 0 atom stereocenters. The van der Waals surface area contributed by atoms with Crippen LogP contribution in [0.5, 0.6) is 0 Å². The van der Waals surface area contributed by atoms with Gasteiger partial charge in [-0.25, -0.2) is 14.2 Å². The van der Waals surface area contributed by atoms with E-state index in [1.165, 1.54) is 24.3 Å². The van der Waals surface area contributed by atoms with Crippen LogP contribution in [-0.2, 0) is 30.5 Å². The molecule has 0 heterocycles. The summed E-state index contributed by atoms with van der Waals surface area (Å²) >= 11 is 0. The molecule has 0 aromatic heterocycles. The summed E-state index contributed by atoms with van der Waals surface area (Å²) in [4.78, 5) is 40.2. The molecule has 0 aliphatic carbocycles. The normalized spacial score (nSPS) is 10.5. The molecule has 0 radical (unpaired) electrons. The highest BCUT2D eigenvalue weighted by Gasteiger charge is 2.23. The molecule has 6 nitrogen and oxygen atoms in total. The maximum absolute atomic E-state index is 12.9. The molecule has 1 rings (SSSR count). The highest BCUT2D eigenvalue weighted by Crippen LogP contribution is 2.10. The maximum atomic E-state index is 12.9. The number of esters is 1. The summed E-state index contributed by atoms with van der Waals surface area (Å²) in [6.45, 7) is 4.11. The molecule has 0 saturated heterocycles. The molecule has 0 fully saturated rings. The van der Waals surface area contributed by atoms with Crippen molar-refractivity contribution in [3.63, 3.8) is 0 Å². The summed E-state index contributed by atoms with van der Waals surface area (Å²) in [6.07, 6.45) is -0.647. The van der Waals surface area contributed by atoms with Gasteiger partial charge in [-0.05, 0) is 23.6 Å². The van der Waals surface area contributed by atoms with E-state index < -0.39 is 29.9 Å². The second-order valence-electron chi connectivity index (χ2n) is 5.34. The highest BCUT2D eigenvalue weighted by molar-refractivity contribution is 6.36. The Bertz CT molecular complexity index is 556. The summed E-state index contributed by atoms with van der Waals surface area (Å²) in [7, 11) is 1.07. The van der Waals surface area contributed by atoms with Crippen LogP contribution in [0.4, 0.5) is 4.39 Å². The van der Waals surface area contributed by atoms with Gasteiger partial charge in [0.1, 0.15) is 5.82 Å². The number of ketones is 1. The third-order valence-corrected chi connectivity index (χ3v) is 2.81. The lowest BCUT2D eigenvalue weighted by atomic mass is 10.2. The average molecular weight is 325 g/mol. The molecule has 0 N–H and O–H groups in total. The van der Waals surface area contributed by atoms with Gasteiger partial charge in [-0.2, -0.15) is 0 Å². The lowest BCUT2D eigenvalue weighted by Crippen LogP contribution is -2.35. The van der Waals surface area contributed by atoms with Crippen molar-refractivity contribution in [2.24, 2.45) is 5.92 Å². The smallest absolute Gasteiger partial charge is 0.374 e. The van der Waals surface area contributed by atoms with Crippen LogP contribution in [0, 0.1) is 11.7 Å². The third kappa shape index (κ3) is 6.56. The Morgan fingerprint density at radius 2 is 1.78 bits per heavy atom. The van der Waals surface area contributed by atoms with Crippen LogP contribution >= 0.6 is 0 Å². The van der Waals surface area contributed by atoms with Crippen LogP contribution in [0.15, 0.2) is 24.3 Å². The number of hydroxylamine groups is 2. The van der Waals surface area contributed by atoms with Crippen molar-refractivity contribution in [3.05, 3.63) is 35.6 Å². The SMILES string of the molecule is COC(=O)C(=O)CC(=O)N(Cc1ccc(F)cc1)OCC(C)C. The Labute approximate surface area is 134 Å². The Morgan fingerprint density at radius 3 is 2.30 bits per heavy atom. The minimum atomic E-state index is -1.08. The van der Waals surface area contributed by atoms with Crippen LogP contribution in [0.25, 0.3) is 0 Å². The quantitative estimate of drug-likeness (QED) is 0.316. The van der Waals surface area contributed by atoms with Gasteiger partial charge < -0.3 is 4.74 Å². The first kappa shape index (κ1) is 18.8. The lowest BCUT2D eigenvalue weighted by molar-refractivity contribution is -0.194. The monoisotopic (exact) mass is 325 g/mol. The Kier molecular flexibility index (Phi) is 7.34. The number of nitrogens with zero attached hydrogens (tertiary/aromatic N) is 1. The number of methoxy groups -OCH3 is 1. The first-order chi connectivity index (χ1) is 10.8. The fraction of sp³-hybridized carbons (Fsp3) is 0.438. The first-order valence-corrected chi connectivity index (χ1v) is 7.12. The fourth-order valence-electron chi connectivity index (χ4n) is 1.61. The summed E-state index contributed by atoms with van der Waals surface area (Å²) < 4.78 is 17.2. The van der Waals surface area contributed by atoms with Crippen LogP contribution in [0.1, 0.15) is 25.8 Å². The molecule has 0 saturated carbocycles. The van der Waals surface area contributed by atoms with Crippen molar-refractivity contribution < 1.29 is 28.3 Å². The van der Waals surface area contributed by atoms with Gasteiger partial charge in [-0.1, -0.05) is 26.0 Å². The largest absolute Gasteiger partial charge is 0.463 e. The van der Waals surface area contributed by atoms with E-state index in [0.717, 1.165) is 12.2 Å². The van der Waals surface area contributed by atoms with E-state index in [2.05, 4.69) is 4.74 Å². The number of hydrogen-bond acceptors (Lipinski definition) is 5. The highest BCUT2D eigenvalue weighted by atomic mass is 19.1. The van der Waals surface area contributed by atoms with Crippen LogP contribution in [-0.4, -0.2) is 36.4 Å². The van der Waals surface area contributed by atoms with E-state index in [0.29, 0.717) is 5.56 Å². The van der Waals surface area contributed by atoms with Gasteiger partial charge in [0, 0.05) is 0 Å². The predicted molar refractivity (Wildman–Crippen MR) is 79.4 cm³/mol. The van der Waals surface area contributed by atoms with Gasteiger partial charge in [0.05, 0.1) is 26.7 Å². The minimum absolute atomic E-state index is 0.0420. The second-order valence-corrected chi connectivity index (χ2v) is 5.34. The second kappa shape index (κ2) is 8.99. The number of benzene rings is 1. The van der Waals surface area contributed by atoms with Gasteiger partial charge in [-0.15, -0.1) is 0 Å². The van der Waals surface area contributed by atoms with Gasteiger partial charge in [-0.3, -0.25) is 14.4 Å². The maximum Gasteiger partial charge on any atom is 0.374 e. The van der Waals surface area contributed by atoms with Crippen molar-refractivity contribution in [2.45, 2.75) is 26.8 Å². The molecule has 1 aromatic carbocycles. The molecule has 23 heavy (non-hydrogen) atoms. The van der Waals surface area contributed by atoms with Gasteiger partial charge >= 0.3 is 5.97 Å². The third-order valence-electron chi connectivity index (χ3n) is 2.81. The summed E-state index contributed by atoms with van der Waals surface area (Å²) in [5.41, 5.74) is 0.633. The minimum Gasteiger partial charge on any atom is -0.463 e. The Morgan fingerprint density at radius 1 is 1.17 bits per heavy atom. The first-order valence-electron chi connectivity index (χ1n) is 7.12. The molecule has 126 valence electrons. The van der Waals surface area contributed by atoms with E-state index >= 15 is 0 Å². The van der Waals surface area contributed by atoms with Gasteiger partial charge in [0.15, 0.2) is 0 Å². The summed E-state index contributed by atoms with van der Waals surface area (Å²) in [6, 6.07) is 5.55. The van der Waals surface area contributed by atoms with E-state index in [1.807, 2.05) is 13.8 Å². The topological polar surface area (TPSA) is 72.9 Å².